The fraction of sp³-hybridized carbons (Fsp3) is 0.357. The third-order valence-corrected chi connectivity index (χ3v) is 3.63. The topological polar surface area (TPSA) is 50.9 Å². The molecule has 0 radical (unpaired) electrons. The van der Waals surface area contributed by atoms with Gasteiger partial charge < -0.3 is 11.1 Å². The summed E-state index contributed by atoms with van der Waals surface area (Å²) < 4.78 is 0. The molecule has 3 nitrogen and oxygen atoms in total. The van der Waals surface area contributed by atoms with Crippen molar-refractivity contribution in [3.05, 3.63) is 30.5 Å². The highest BCUT2D eigenvalue weighted by atomic mass is 14.9. The van der Waals surface area contributed by atoms with Gasteiger partial charge in [0.25, 0.3) is 0 Å². The minimum atomic E-state index is 0.815. The summed E-state index contributed by atoms with van der Waals surface area (Å²) in [4.78, 5) is 4.30. The number of nitrogens with two attached hydrogens (primary N) is 1. The van der Waals surface area contributed by atoms with Crippen LogP contribution in [0.25, 0.3) is 10.9 Å². The quantitative estimate of drug-likeness (QED) is 0.792. The maximum atomic E-state index is 6.16. The first-order chi connectivity index (χ1) is 8.34. The minimum Gasteiger partial charge on any atom is -0.397 e. The van der Waals surface area contributed by atoms with E-state index in [-0.39, 0.29) is 0 Å². The van der Waals surface area contributed by atoms with Crippen LogP contribution in [-0.2, 0) is 0 Å². The molecular formula is C14H17N3. The zero-order valence-electron chi connectivity index (χ0n) is 9.82. The standard InChI is InChI=1S/C14H17N3/c15-14-11-5-2-8-16-12(11)6-7-13(14)17-9-10-3-1-4-10/h2,5-8,10,17H,1,3-4,9,15H2. The molecule has 0 aliphatic heterocycles. The molecule has 0 atom stereocenters. The SMILES string of the molecule is Nc1c(NCC2CCC2)ccc2ncccc12. The predicted molar refractivity (Wildman–Crippen MR) is 72.0 cm³/mol. The average Bonchev–Trinajstić information content (AvgIpc) is 2.30. The van der Waals surface area contributed by atoms with Crippen molar-refractivity contribution >= 4 is 22.3 Å². The van der Waals surface area contributed by atoms with Crippen LogP contribution < -0.4 is 11.1 Å². The van der Waals surface area contributed by atoms with Crippen LogP contribution in [0.2, 0.25) is 0 Å². The van der Waals surface area contributed by atoms with Crippen molar-refractivity contribution in [3.63, 3.8) is 0 Å². The van der Waals surface area contributed by atoms with Gasteiger partial charge in [-0.15, -0.1) is 0 Å². The van der Waals surface area contributed by atoms with E-state index >= 15 is 0 Å². The van der Waals surface area contributed by atoms with Crippen LogP contribution in [0, 0.1) is 5.92 Å². The number of nitrogen functional groups attached to an aromatic ring is 1. The van der Waals surface area contributed by atoms with E-state index in [1.54, 1.807) is 6.20 Å². The lowest BCUT2D eigenvalue weighted by Gasteiger charge is -2.26. The van der Waals surface area contributed by atoms with Crippen molar-refractivity contribution in [1.29, 1.82) is 0 Å². The Labute approximate surface area is 101 Å². The Morgan fingerprint density at radius 2 is 2.18 bits per heavy atom. The number of hydrogen-bond donors (Lipinski definition) is 2. The van der Waals surface area contributed by atoms with Gasteiger partial charge in [0, 0.05) is 18.1 Å². The summed E-state index contributed by atoms with van der Waals surface area (Å²) in [5.74, 6) is 0.832. The molecule has 3 heteroatoms. The highest BCUT2D eigenvalue weighted by Crippen LogP contribution is 2.30. The molecule has 3 rings (SSSR count). The normalized spacial score (nSPS) is 15.8. The minimum absolute atomic E-state index is 0.815. The summed E-state index contributed by atoms with van der Waals surface area (Å²) in [6.07, 6.45) is 5.87. The molecule has 1 saturated carbocycles. The highest BCUT2D eigenvalue weighted by molar-refractivity contribution is 5.96. The molecule has 0 saturated heterocycles. The van der Waals surface area contributed by atoms with Crippen molar-refractivity contribution in [3.8, 4) is 0 Å². The van der Waals surface area contributed by atoms with Crippen LogP contribution in [0.15, 0.2) is 30.5 Å². The number of anilines is 2. The van der Waals surface area contributed by atoms with Crippen molar-refractivity contribution in [2.45, 2.75) is 19.3 Å². The van der Waals surface area contributed by atoms with Gasteiger partial charge in [0.05, 0.1) is 16.9 Å². The lowest BCUT2D eigenvalue weighted by Crippen LogP contribution is -2.21. The maximum Gasteiger partial charge on any atom is 0.0724 e. The summed E-state index contributed by atoms with van der Waals surface area (Å²) in [6, 6.07) is 8.00. The first-order valence-corrected chi connectivity index (χ1v) is 6.21. The third-order valence-electron chi connectivity index (χ3n) is 3.63. The predicted octanol–water partition coefficient (Wildman–Crippen LogP) is 3.03. The Hall–Kier alpha value is -1.77. The third kappa shape index (κ3) is 1.93. The lowest BCUT2D eigenvalue weighted by atomic mass is 9.85. The number of aromatic nitrogens is 1. The van der Waals surface area contributed by atoms with E-state index in [1.165, 1.54) is 19.3 Å². The number of hydrogen-bond acceptors (Lipinski definition) is 3. The number of rotatable bonds is 3. The molecule has 1 heterocycles. The molecular weight excluding hydrogens is 210 g/mol. The number of nitrogens with one attached hydrogen (secondary N) is 1. The highest BCUT2D eigenvalue weighted by Gasteiger charge is 2.17. The monoisotopic (exact) mass is 227 g/mol. The van der Waals surface area contributed by atoms with Gasteiger partial charge >= 0.3 is 0 Å². The second-order valence-corrected chi connectivity index (χ2v) is 4.77. The Morgan fingerprint density at radius 1 is 1.29 bits per heavy atom. The fourth-order valence-corrected chi connectivity index (χ4v) is 2.28. The van der Waals surface area contributed by atoms with Crippen molar-refractivity contribution in [2.24, 2.45) is 5.92 Å². The number of fused-ring (bicyclic) bond motifs is 1. The van der Waals surface area contributed by atoms with Crippen LogP contribution in [0.3, 0.4) is 0 Å². The van der Waals surface area contributed by atoms with Gasteiger partial charge in [-0.25, -0.2) is 0 Å². The van der Waals surface area contributed by atoms with E-state index in [9.17, 15) is 0 Å². The average molecular weight is 227 g/mol. The van der Waals surface area contributed by atoms with Crippen LogP contribution in [0.5, 0.6) is 0 Å². The van der Waals surface area contributed by atoms with E-state index in [0.717, 1.165) is 34.7 Å². The summed E-state index contributed by atoms with van der Waals surface area (Å²) in [6.45, 7) is 1.04. The van der Waals surface area contributed by atoms with E-state index in [4.69, 9.17) is 5.73 Å². The molecule has 3 N–H and O–H groups in total. The molecule has 0 amide bonds. The largest absolute Gasteiger partial charge is 0.397 e. The van der Waals surface area contributed by atoms with Crippen molar-refractivity contribution in [1.82, 2.24) is 4.98 Å². The zero-order chi connectivity index (χ0) is 11.7. The molecule has 17 heavy (non-hydrogen) atoms. The summed E-state index contributed by atoms with van der Waals surface area (Å²) >= 11 is 0. The molecule has 0 unspecified atom stereocenters. The van der Waals surface area contributed by atoms with Crippen LogP contribution >= 0.6 is 0 Å². The molecule has 88 valence electrons. The van der Waals surface area contributed by atoms with Gasteiger partial charge in [0.2, 0.25) is 0 Å². The molecule has 1 fully saturated rings. The lowest BCUT2D eigenvalue weighted by molar-refractivity contribution is 0.333. The summed E-state index contributed by atoms with van der Waals surface area (Å²) in [5, 5.41) is 4.49. The smallest absolute Gasteiger partial charge is 0.0724 e. The molecule has 1 aliphatic rings. The number of benzene rings is 1. The molecule has 1 aliphatic carbocycles. The molecule has 1 aromatic heterocycles. The number of pyridine rings is 1. The van der Waals surface area contributed by atoms with Gasteiger partial charge in [0.1, 0.15) is 0 Å². The Morgan fingerprint density at radius 3 is 2.94 bits per heavy atom. The van der Waals surface area contributed by atoms with E-state index in [2.05, 4.69) is 10.3 Å². The molecule has 2 aromatic rings. The van der Waals surface area contributed by atoms with Gasteiger partial charge in [-0.1, -0.05) is 6.42 Å². The second kappa shape index (κ2) is 4.24. The van der Waals surface area contributed by atoms with E-state index in [0.29, 0.717) is 0 Å². The maximum absolute atomic E-state index is 6.16. The second-order valence-electron chi connectivity index (χ2n) is 4.77. The Kier molecular flexibility index (Phi) is 2.59. The van der Waals surface area contributed by atoms with Crippen molar-refractivity contribution in [2.75, 3.05) is 17.6 Å². The first kappa shape index (κ1) is 10.4. The first-order valence-electron chi connectivity index (χ1n) is 6.21. The Bertz CT molecular complexity index is 532. The summed E-state index contributed by atoms with van der Waals surface area (Å²) in [5.41, 5.74) is 8.97. The molecule has 1 aromatic carbocycles. The van der Waals surface area contributed by atoms with Crippen LogP contribution in [0.1, 0.15) is 19.3 Å². The number of nitrogens with zero attached hydrogens (tertiary/aromatic N) is 1. The van der Waals surface area contributed by atoms with Gasteiger partial charge in [0.15, 0.2) is 0 Å². The summed E-state index contributed by atoms with van der Waals surface area (Å²) in [7, 11) is 0. The fourth-order valence-electron chi connectivity index (χ4n) is 2.28. The van der Waals surface area contributed by atoms with E-state index < -0.39 is 0 Å². The van der Waals surface area contributed by atoms with Gasteiger partial charge in [-0.2, -0.15) is 0 Å². The van der Waals surface area contributed by atoms with Gasteiger partial charge in [-0.05, 0) is 43.0 Å². The molecule has 0 bridgehead atoms. The van der Waals surface area contributed by atoms with Crippen molar-refractivity contribution < 1.29 is 0 Å². The zero-order valence-corrected chi connectivity index (χ0v) is 9.82. The van der Waals surface area contributed by atoms with Crippen LogP contribution in [0.4, 0.5) is 11.4 Å². The van der Waals surface area contributed by atoms with E-state index in [1.807, 2.05) is 24.3 Å². The van der Waals surface area contributed by atoms with Gasteiger partial charge in [-0.3, -0.25) is 4.98 Å². The van der Waals surface area contributed by atoms with Crippen LogP contribution in [-0.4, -0.2) is 11.5 Å². The Balaban J connectivity index is 1.86. The molecule has 0 spiro atoms.